The van der Waals surface area contributed by atoms with E-state index < -0.39 is 11.9 Å². The van der Waals surface area contributed by atoms with Crippen LogP contribution in [0.5, 0.6) is 0 Å². The number of nitrogens with two attached hydrogens (primary N) is 1. The monoisotopic (exact) mass is 355 g/mol. The Balaban J connectivity index is 1.77. The quantitative estimate of drug-likeness (QED) is 0.686. The van der Waals surface area contributed by atoms with Gasteiger partial charge in [0, 0.05) is 18.9 Å². The van der Waals surface area contributed by atoms with Crippen molar-refractivity contribution in [3.63, 3.8) is 0 Å². The number of rotatable bonds is 5. The Bertz CT molecular complexity index is 872. The number of nitrogens with one attached hydrogen (secondary N) is 1. The largest absolute Gasteiger partial charge is 0.465 e. The summed E-state index contributed by atoms with van der Waals surface area (Å²) in [4.78, 5) is 28.2. The number of hydrogen-bond donors (Lipinski definition) is 2. The van der Waals surface area contributed by atoms with Gasteiger partial charge < -0.3 is 15.8 Å². The van der Waals surface area contributed by atoms with Crippen LogP contribution in [-0.2, 0) is 9.53 Å². The summed E-state index contributed by atoms with van der Waals surface area (Å²) in [5.41, 5.74) is 6.98. The first-order valence-electron chi connectivity index (χ1n) is 7.65. The van der Waals surface area contributed by atoms with Gasteiger partial charge in [0.1, 0.15) is 0 Å². The minimum Gasteiger partial charge on any atom is -0.465 e. The molecule has 0 spiro atoms. The summed E-state index contributed by atoms with van der Waals surface area (Å²) in [7, 11) is 1.33. The van der Waals surface area contributed by atoms with Crippen LogP contribution in [0.3, 0.4) is 0 Å². The normalized spacial score (nSPS) is 11.9. The third-order valence-corrected chi connectivity index (χ3v) is 4.86. The fraction of sp³-hybridized carbons (Fsp3) is 0.167. The maximum Gasteiger partial charge on any atom is 0.337 e. The number of aromatic nitrogens is 1. The molecule has 1 amide bonds. The van der Waals surface area contributed by atoms with Crippen molar-refractivity contribution in [1.82, 2.24) is 4.98 Å². The highest BCUT2D eigenvalue weighted by Gasteiger charge is 2.20. The van der Waals surface area contributed by atoms with Crippen LogP contribution in [0, 0.1) is 0 Å². The highest BCUT2D eigenvalue weighted by molar-refractivity contribution is 7.22. The van der Waals surface area contributed by atoms with Crippen LogP contribution in [0.2, 0.25) is 0 Å². The number of carbonyl (C=O) groups excluding carboxylic acids is 2. The smallest absolute Gasteiger partial charge is 0.337 e. The standard InChI is InChI=1S/C18H17N3O3S/c1-24-18(23)12-4-2-11(3-5-12)14(9-19)17(22)21-16-8-13-6-7-20-10-15(13)25-16/h2-8,10,14H,9,19H2,1H3,(H,21,22). The van der Waals surface area contributed by atoms with Gasteiger partial charge in [-0.05, 0) is 35.2 Å². The zero-order valence-electron chi connectivity index (χ0n) is 13.6. The molecular formula is C18H17N3O3S. The third kappa shape index (κ3) is 3.67. The van der Waals surface area contributed by atoms with E-state index in [-0.39, 0.29) is 12.5 Å². The first kappa shape index (κ1) is 17.1. The zero-order valence-corrected chi connectivity index (χ0v) is 14.4. The summed E-state index contributed by atoms with van der Waals surface area (Å²) in [5.74, 6) is -1.11. The van der Waals surface area contributed by atoms with Crippen LogP contribution in [-0.4, -0.2) is 30.5 Å². The molecule has 0 saturated heterocycles. The molecular weight excluding hydrogens is 338 g/mol. The van der Waals surface area contributed by atoms with Crippen molar-refractivity contribution >= 4 is 38.3 Å². The Kier molecular flexibility index (Phi) is 5.06. The van der Waals surface area contributed by atoms with Gasteiger partial charge in [-0.3, -0.25) is 9.78 Å². The molecule has 6 nitrogen and oxygen atoms in total. The zero-order chi connectivity index (χ0) is 17.8. The number of fused-ring (bicyclic) bond motifs is 1. The first-order chi connectivity index (χ1) is 12.1. The van der Waals surface area contributed by atoms with Gasteiger partial charge in [-0.2, -0.15) is 0 Å². The van der Waals surface area contributed by atoms with Crippen molar-refractivity contribution in [3.05, 3.63) is 59.9 Å². The molecule has 2 heterocycles. The van der Waals surface area contributed by atoms with Crippen molar-refractivity contribution in [1.29, 1.82) is 0 Å². The lowest BCUT2D eigenvalue weighted by Gasteiger charge is -2.15. The molecule has 3 rings (SSSR count). The van der Waals surface area contributed by atoms with Crippen LogP contribution in [0.1, 0.15) is 21.8 Å². The van der Waals surface area contributed by atoms with Crippen molar-refractivity contribution in [2.75, 3.05) is 19.0 Å². The Labute approximate surface area is 148 Å². The number of benzene rings is 1. The summed E-state index contributed by atoms with van der Waals surface area (Å²) in [6.07, 6.45) is 3.48. The van der Waals surface area contributed by atoms with Crippen LogP contribution in [0.15, 0.2) is 48.8 Å². The fourth-order valence-electron chi connectivity index (χ4n) is 2.52. The maximum absolute atomic E-state index is 12.6. The molecule has 1 unspecified atom stereocenters. The molecule has 0 fully saturated rings. The van der Waals surface area contributed by atoms with Gasteiger partial charge in [-0.1, -0.05) is 12.1 Å². The number of esters is 1. The molecule has 3 aromatic rings. The predicted molar refractivity (Wildman–Crippen MR) is 97.8 cm³/mol. The number of pyridine rings is 1. The van der Waals surface area contributed by atoms with Gasteiger partial charge in [0.25, 0.3) is 0 Å². The number of amides is 1. The number of hydrogen-bond acceptors (Lipinski definition) is 6. The van der Waals surface area contributed by atoms with Crippen LogP contribution < -0.4 is 11.1 Å². The second-order valence-electron chi connectivity index (χ2n) is 5.42. The Hall–Kier alpha value is -2.77. The Morgan fingerprint density at radius 1 is 1.28 bits per heavy atom. The lowest BCUT2D eigenvalue weighted by Crippen LogP contribution is -2.27. The number of methoxy groups -OCH3 is 1. The average molecular weight is 355 g/mol. The summed E-state index contributed by atoms with van der Waals surface area (Å²) < 4.78 is 5.68. The van der Waals surface area contributed by atoms with E-state index in [2.05, 4.69) is 15.0 Å². The minimum atomic E-state index is -0.505. The van der Waals surface area contributed by atoms with Crippen LogP contribution in [0.25, 0.3) is 10.1 Å². The van der Waals surface area contributed by atoms with Crippen LogP contribution >= 0.6 is 11.3 Å². The topological polar surface area (TPSA) is 94.3 Å². The second-order valence-corrected chi connectivity index (χ2v) is 6.50. The van der Waals surface area contributed by atoms with E-state index in [9.17, 15) is 9.59 Å². The lowest BCUT2D eigenvalue weighted by molar-refractivity contribution is -0.117. The Morgan fingerprint density at radius 3 is 2.68 bits per heavy atom. The highest BCUT2D eigenvalue weighted by atomic mass is 32.1. The Morgan fingerprint density at radius 2 is 2.04 bits per heavy atom. The number of carbonyl (C=O) groups is 2. The molecule has 0 aliphatic heterocycles. The minimum absolute atomic E-state index is 0.163. The molecule has 3 N–H and O–H groups in total. The molecule has 1 atom stereocenters. The molecule has 0 saturated carbocycles. The van der Waals surface area contributed by atoms with Crippen LogP contribution in [0.4, 0.5) is 5.00 Å². The maximum atomic E-state index is 12.6. The number of nitrogens with zero attached hydrogens (tertiary/aromatic N) is 1. The van der Waals surface area contributed by atoms with Gasteiger partial charge in [0.05, 0.1) is 28.3 Å². The SMILES string of the molecule is COC(=O)c1ccc(C(CN)C(=O)Nc2cc3ccncc3s2)cc1. The van der Waals surface area contributed by atoms with Crippen molar-refractivity contribution < 1.29 is 14.3 Å². The van der Waals surface area contributed by atoms with Gasteiger partial charge in [0.15, 0.2) is 0 Å². The third-order valence-electron chi connectivity index (χ3n) is 3.86. The van der Waals surface area contributed by atoms with E-state index in [0.717, 1.165) is 20.7 Å². The average Bonchev–Trinajstić information content (AvgIpc) is 3.04. The molecule has 7 heteroatoms. The summed E-state index contributed by atoms with van der Waals surface area (Å²) in [6, 6.07) is 10.5. The second kappa shape index (κ2) is 7.42. The molecule has 0 aliphatic rings. The molecule has 25 heavy (non-hydrogen) atoms. The lowest BCUT2D eigenvalue weighted by atomic mass is 9.97. The summed E-state index contributed by atoms with van der Waals surface area (Å²) >= 11 is 1.46. The molecule has 128 valence electrons. The molecule has 0 radical (unpaired) electrons. The van der Waals surface area contributed by atoms with E-state index in [1.165, 1.54) is 18.4 Å². The van der Waals surface area contributed by atoms with Gasteiger partial charge >= 0.3 is 5.97 Å². The molecule has 2 aromatic heterocycles. The molecule has 1 aromatic carbocycles. The van der Waals surface area contributed by atoms with Gasteiger partial charge in [-0.25, -0.2) is 4.79 Å². The fourth-order valence-corrected chi connectivity index (χ4v) is 3.45. The predicted octanol–water partition coefficient (Wildman–Crippen LogP) is 2.76. The van der Waals surface area contributed by atoms with Crippen molar-refractivity contribution in [2.24, 2.45) is 5.73 Å². The molecule has 0 aliphatic carbocycles. The van der Waals surface area contributed by atoms with Gasteiger partial charge in [0.2, 0.25) is 5.91 Å². The van der Waals surface area contributed by atoms with E-state index >= 15 is 0 Å². The van der Waals surface area contributed by atoms with E-state index in [1.807, 2.05) is 12.1 Å². The van der Waals surface area contributed by atoms with E-state index in [0.29, 0.717) is 5.56 Å². The number of anilines is 1. The van der Waals surface area contributed by atoms with Gasteiger partial charge in [-0.15, -0.1) is 11.3 Å². The first-order valence-corrected chi connectivity index (χ1v) is 8.47. The van der Waals surface area contributed by atoms with E-state index in [1.54, 1.807) is 36.7 Å². The summed E-state index contributed by atoms with van der Waals surface area (Å²) in [6.45, 7) is 0.163. The number of thiophene rings is 1. The van der Waals surface area contributed by atoms with E-state index in [4.69, 9.17) is 5.73 Å². The number of ether oxygens (including phenoxy) is 1. The summed E-state index contributed by atoms with van der Waals surface area (Å²) in [5, 5.41) is 4.69. The van der Waals surface area contributed by atoms with Crippen molar-refractivity contribution in [3.8, 4) is 0 Å². The highest BCUT2D eigenvalue weighted by Crippen LogP contribution is 2.29. The van der Waals surface area contributed by atoms with Crippen molar-refractivity contribution in [2.45, 2.75) is 5.92 Å². The molecule has 0 bridgehead atoms.